The Morgan fingerprint density at radius 3 is 2.59 bits per heavy atom. The van der Waals surface area contributed by atoms with Gasteiger partial charge in [0.05, 0.1) is 17.0 Å². The fourth-order valence-corrected chi connectivity index (χ4v) is 6.03. The molecule has 0 saturated carbocycles. The molecule has 164 valence electrons. The lowest BCUT2D eigenvalue weighted by Gasteiger charge is -2.34. The van der Waals surface area contributed by atoms with Crippen molar-refractivity contribution in [3.05, 3.63) is 65.7 Å². The number of carbonyl (C=O) groups excluding carboxylic acids is 2. The van der Waals surface area contributed by atoms with Crippen LogP contribution in [0.1, 0.15) is 18.4 Å². The second-order valence-corrected chi connectivity index (χ2v) is 10.2. The Hall–Kier alpha value is -3.24. The lowest BCUT2D eigenvalue weighted by molar-refractivity contribution is -0.121. The van der Waals surface area contributed by atoms with Gasteiger partial charge in [-0.15, -0.1) is 11.3 Å². The van der Waals surface area contributed by atoms with Gasteiger partial charge in [0.25, 0.3) is 15.9 Å². The van der Waals surface area contributed by atoms with Gasteiger partial charge >= 0.3 is 0 Å². The molecule has 0 unspecified atom stereocenters. The van der Waals surface area contributed by atoms with Crippen LogP contribution in [0.2, 0.25) is 0 Å². The van der Waals surface area contributed by atoms with Gasteiger partial charge in [0.2, 0.25) is 5.91 Å². The Morgan fingerprint density at radius 2 is 1.84 bits per heavy atom. The van der Waals surface area contributed by atoms with E-state index in [2.05, 4.69) is 15.8 Å². The second kappa shape index (κ2) is 8.03. The molecule has 10 heteroatoms. The van der Waals surface area contributed by atoms with Crippen LogP contribution in [0.3, 0.4) is 0 Å². The molecule has 0 aliphatic carbocycles. The van der Waals surface area contributed by atoms with E-state index in [1.54, 1.807) is 5.38 Å². The van der Waals surface area contributed by atoms with Crippen LogP contribution in [-0.2, 0) is 26.0 Å². The molecule has 2 aromatic carbocycles. The van der Waals surface area contributed by atoms with E-state index in [4.69, 9.17) is 0 Å². The molecule has 1 aromatic heterocycles. The highest BCUT2D eigenvalue weighted by Gasteiger charge is 2.43. The number of imide groups is 1. The van der Waals surface area contributed by atoms with Crippen molar-refractivity contribution >= 4 is 49.7 Å². The number of anilines is 3. The molecule has 1 saturated heterocycles. The fraction of sp³-hybridized carbons (Fsp3) is 0.227. The number of thiazole rings is 1. The van der Waals surface area contributed by atoms with E-state index in [0.717, 1.165) is 23.4 Å². The van der Waals surface area contributed by atoms with Crippen LogP contribution in [0.25, 0.3) is 0 Å². The van der Waals surface area contributed by atoms with E-state index in [9.17, 15) is 18.0 Å². The van der Waals surface area contributed by atoms with Gasteiger partial charge in [-0.25, -0.2) is 18.3 Å². The molecule has 3 aromatic rings. The topological polar surface area (TPSA) is 99.7 Å². The molecule has 3 heterocycles. The largest absolute Gasteiger partial charge is 0.359 e. The number of hydrogen-bond acceptors (Lipinski definition) is 7. The first-order chi connectivity index (χ1) is 15.4. The van der Waals surface area contributed by atoms with Crippen LogP contribution in [0, 0.1) is 0 Å². The third kappa shape index (κ3) is 3.65. The van der Waals surface area contributed by atoms with Crippen molar-refractivity contribution in [1.82, 2.24) is 4.98 Å². The molecule has 2 aliphatic rings. The summed E-state index contributed by atoms with van der Waals surface area (Å²) in [6.45, 7) is 0.716. The molecule has 1 fully saturated rings. The molecule has 1 N–H and O–H groups in total. The third-order valence-corrected chi connectivity index (χ3v) is 7.88. The number of para-hydroxylation sites is 1. The number of nitrogens with one attached hydrogen (secondary N) is 1. The summed E-state index contributed by atoms with van der Waals surface area (Å²) in [5.74, 6) is -0.581. The highest BCUT2D eigenvalue weighted by molar-refractivity contribution is 7.93. The van der Waals surface area contributed by atoms with Gasteiger partial charge in [0, 0.05) is 23.8 Å². The minimum Gasteiger partial charge on any atom is -0.359 e. The molecule has 0 bridgehead atoms. The first-order valence-corrected chi connectivity index (χ1v) is 12.5. The highest BCUT2D eigenvalue weighted by atomic mass is 32.2. The maximum Gasteiger partial charge on any atom is 0.263 e. The number of amides is 2. The van der Waals surface area contributed by atoms with E-state index < -0.39 is 16.1 Å². The van der Waals surface area contributed by atoms with Crippen LogP contribution in [-0.4, -0.2) is 37.8 Å². The van der Waals surface area contributed by atoms with Crippen molar-refractivity contribution in [2.24, 2.45) is 0 Å². The summed E-state index contributed by atoms with van der Waals surface area (Å²) >= 11 is 1.17. The predicted octanol–water partition coefficient (Wildman–Crippen LogP) is 3.03. The zero-order valence-corrected chi connectivity index (χ0v) is 18.6. The second-order valence-electron chi connectivity index (χ2n) is 7.65. The molecular weight excluding hydrogens is 448 g/mol. The number of carbonyl (C=O) groups is 2. The number of rotatable bonds is 5. The van der Waals surface area contributed by atoms with Crippen LogP contribution in [0.5, 0.6) is 0 Å². The molecule has 2 amide bonds. The summed E-state index contributed by atoms with van der Waals surface area (Å²) in [5.41, 5.74) is 2.54. The van der Waals surface area contributed by atoms with Gasteiger partial charge < -0.3 is 4.90 Å². The molecule has 2 aliphatic heterocycles. The zero-order chi connectivity index (χ0) is 22.3. The Labute approximate surface area is 189 Å². The van der Waals surface area contributed by atoms with Gasteiger partial charge in [-0.05, 0) is 48.7 Å². The number of aryl methyl sites for hydroxylation is 1. The normalized spacial score (nSPS) is 18.7. The molecule has 0 radical (unpaired) electrons. The summed E-state index contributed by atoms with van der Waals surface area (Å²) in [5, 5.41) is 1.94. The van der Waals surface area contributed by atoms with Crippen LogP contribution in [0.15, 0.2) is 65.0 Å². The highest BCUT2D eigenvalue weighted by Crippen LogP contribution is 2.34. The molecule has 32 heavy (non-hydrogen) atoms. The van der Waals surface area contributed by atoms with Gasteiger partial charge in [-0.1, -0.05) is 18.2 Å². The minimum atomic E-state index is -3.81. The van der Waals surface area contributed by atoms with Crippen molar-refractivity contribution in [3.8, 4) is 0 Å². The van der Waals surface area contributed by atoms with E-state index in [1.165, 1.54) is 47.4 Å². The number of aromatic nitrogens is 1. The van der Waals surface area contributed by atoms with Crippen molar-refractivity contribution in [2.75, 3.05) is 21.1 Å². The Balaban J connectivity index is 1.38. The number of hydrogen-bond donors (Lipinski definition) is 1. The maximum absolute atomic E-state index is 13.2. The van der Waals surface area contributed by atoms with Crippen molar-refractivity contribution in [2.45, 2.75) is 30.2 Å². The maximum atomic E-state index is 13.2. The number of fused-ring (bicyclic) bond motifs is 1. The smallest absolute Gasteiger partial charge is 0.263 e. The van der Waals surface area contributed by atoms with Crippen molar-refractivity contribution in [3.63, 3.8) is 0 Å². The van der Waals surface area contributed by atoms with Crippen LogP contribution >= 0.6 is 11.3 Å². The number of benzene rings is 2. The molecule has 1 atom stereocenters. The average Bonchev–Trinajstić information content (AvgIpc) is 3.40. The Kier molecular flexibility index (Phi) is 5.18. The van der Waals surface area contributed by atoms with Crippen molar-refractivity contribution < 1.29 is 18.0 Å². The Bertz CT molecular complexity index is 1270. The quantitative estimate of drug-likeness (QED) is 0.578. The molecule has 0 spiro atoms. The van der Waals surface area contributed by atoms with Crippen molar-refractivity contribution in [1.29, 1.82) is 0 Å². The Morgan fingerprint density at radius 1 is 1.06 bits per heavy atom. The van der Waals surface area contributed by atoms with E-state index in [1.807, 2.05) is 23.1 Å². The fourth-order valence-electron chi connectivity index (χ4n) is 4.24. The summed E-state index contributed by atoms with van der Waals surface area (Å²) < 4.78 is 27.5. The van der Waals surface area contributed by atoms with E-state index >= 15 is 0 Å². The van der Waals surface area contributed by atoms with Crippen LogP contribution in [0.4, 0.5) is 16.5 Å². The summed E-state index contributed by atoms with van der Waals surface area (Å²) in [6.07, 6.45) is 3.48. The molecule has 8 nitrogen and oxygen atoms in total. The first kappa shape index (κ1) is 20.7. The lowest BCUT2D eigenvalue weighted by Crippen LogP contribution is -2.44. The summed E-state index contributed by atoms with van der Waals surface area (Å²) in [7, 11) is -3.81. The monoisotopic (exact) mass is 468 g/mol. The predicted molar refractivity (Wildman–Crippen MR) is 122 cm³/mol. The van der Waals surface area contributed by atoms with Gasteiger partial charge in [0.1, 0.15) is 6.04 Å². The number of nitrogens with zero attached hydrogens (tertiary/aromatic N) is 3. The zero-order valence-electron chi connectivity index (χ0n) is 17.0. The third-order valence-electron chi connectivity index (χ3n) is 5.70. The molecule has 5 rings (SSSR count). The summed E-state index contributed by atoms with van der Waals surface area (Å²) in [4.78, 5) is 33.2. The van der Waals surface area contributed by atoms with Gasteiger partial charge in [-0.3, -0.25) is 14.3 Å². The lowest BCUT2D eigenvalue weighted by atomic mass is 9.99. The van der Waals surface area contributed by atoms with E-state index in [0.29, 0.717) is 12.2 Å². The molecular formula is C22H20N4O4S2. The van der Waals surface area contributed by atoms with E-state index in [-0.39, 0.29) is 28.3 Å². The standard InChI is InChI=1S/C22H20N4O4S2/c27-20-14-19(25-12-3-5-15-4-1-2-6-18(15)25)21(28)26(20)16-7-9-17(10-8-16)32(29,30)24-22-23-11-13-31-22/h1-2,4,6-11,13,19H,3,5,12,14H2,(H,23,24)/t19-/m0/s1. The number of sulfonamides is 1. The van der Waals surface area contributed by atoms with Gasteiger partial charge in [0.15, 0.2) is 5.13 Å². The van der Waals surface area contributed by atoms with Gasteiger partial charge in [-0.2, -0.15) is 0 Å². The average molecular weight is 469 g/mol. The first-order valence-electron chi connectivity index (χ1n) is 10.2. The minimum absolute atomic E-state index is 0.0250. The van der Waals surface area contributed by atoms with Crippen LogP contribution < -0.4 is 14.5 Å². The summed E-state index contributed by atoms with van der Waals surface area (Å²) in [6, 6.07) is 13.1. The SMILES string of the molecule is O=C1C[C@H](N2CCCc3ccccc32)C(=O)N1c1ccc(S(=O)(=O)Nc2nccs2)cc1.